The molecule has 2 nitrogen and oxygen atoms in total. The van der Waals surface area contributed by atoms with E-state index in [0.29, 0.717) is 13.2 Å². The van der Waals surface area contributed by atoms with Crippen LogP contribution in [0.4, 0.5) is 0 Å². The molecular weight excluding hydrogens is 174 g/mol. The van der Waals surface area contributed by atoms with Crippen LogP contribution in [0.2, 0.25) is 0 Å². The van der Waals surface area contributed by atoms with Gasteiger partial charge < -0.3 is 10.5 Å². The lowest BCUT2D eigenvalue weighted by molar-refractivity contribution is 0.322. The first kappa shape index (κ1) is 9.53. The van der Waals surface area contributed by atoms with E-state index in [-0.39, 0.29) is 0 Å². The highest BCUT2D eigenvalue weighted by atomic mass is 16.5. The summed E-state index contributed by atoms with van der Waals surface area (Å²) < 4.78 is 5.69. The van der Waals surface area contributed by atoms with E-state index >= 15 is 0 Å². The van der Waals surface area contributed by atoms with Crippen molar-refractivity contribution in [2.75, 3.05) is 13.2 Å². The van der Waals surface area contributed by atoms with Gasteiger partial charge in [-0.05, 0) is 36.8 Å². The summed E-state index contributed by atoms with van der Waals surface area (Å²) in [5, 5.41) is 0. The third-order valence-corrected chi connectivity index (χ3v) is 2.62. The average Bonchev–Trinajstić information content (AvgIpc) is 2.99. The van der Waals surface area contributed by atoms with Gasteiger partial charge in [-0.15, -0.1) is 0 Å². The average molecular weight is 191 g/mol. The molecule has 0 unspecified atom stereocenters. The Hall–Kier alpha value is -1.02. The molecule has 0 spiro atoms. The molecule has 0 heterocycles. The molecule has 0 atom stereocenters. The monoisotopic (exact) mass is 191 g/mol. The zero-order valence-corrected chi connectivity index (χ0v) is 8.62. The van der Waals surface area contributed by atoms with E-state index in [0.717, 1.165) is 11.7 Å². The van der Waals surface area contributed by atoms with E-state index in [1.807, 2.05) is 0 Å². The fourth-order valence-corrected chi connectivity index (χ4v) is 1.75. The Kier molecular flexibility index (Phi) is 2.73. The van der Waals surface area contributed by atoms with Gasteiger partial charge in [-0.25, -0.2) is 0 Å². The Balaban J connectivity index is 2.23. The molecule has 1 aromatic rings. The Morgan fingerprint density at radius 2 is 2.21 bits per heavy atom. The molecule has 0 aliphatic heterocycles. The lowest BCUT2D eigenvalue weighted by Gasteiger charge is -2.12. The standard InChI is InChI=1S/C12H17NO/c1-9-3-2-4-11(10-5-6-10)12(9)14-8-7-13/h2-4,10H,5-8,13H2,1H3. The summed E-state index contributed by atoms with van der Waals surface area (Å²) >= 11 is 0. The van der Waals surface area contributed by atoms with E-state index in [1.54, 1.807) is 0 Å². The second-order valence-corrected chi connectivity index (χ2v) is 3.90. The van der Waals surface area contributed by atoms with Crippen molar-refractivity contribution in [3.05, 3.63) is 29.3 Å². The van der Waals surface area contributed by atoms with Crippen molar-refractivity contribution in [1.29, 1.82) is 0 Å². The highest BCUT2D eigenvalue weighted by molar-refractivity contribution is 5.44. The number of hydrogen-bond acceptors (Lipinski definition) is 2. The van der Waals surface area contributed by atoms with Crippen LogP contribution in [0.5, 0.6) is 5.75 Å². The smallest absolute Gasteiger partial charge is 0.125 e. The van der Waals surface area contributed by atoms with Crippen molar-refractivity contribution in [2.45, 2.75) is 25.7 Å². The topological polar surface area (TPSA) is 35.2 Å². The molecule has 0 aromatic heterocycles. The van der Waals surface area contributed by atoms with Gasteiger partial charge in [-0.1, -0.05) is 18.2 Å². The Morgan fingerprint density at radius 1 is 1.43 bits per heavy atom. The summed E-state index contributed by atoms with van der Waals surface area (Å²) in [4.78, 5) is 0. The molecule has 0 bridgehead atoms. The van der Waals surface area contributed by atoms with Crippen LogP contribution in [0, 0.1) is 6.92 Å². The molecule has 2 rings (SSSR count). The molecule has 0 amide bonds. The van der Waals surface area contributed by atoms with Gasteiger partial charge in [0.2, 0.25) is 0 Å². The van der Waals surface area contributed by atoms with Crippen molar-refractivity contribution in [2.24, 2.45) is 5.73 Å². The van der Waals surface area contributed by atoms with Crippen LogP contribution < -0.4 is 10.5 Å². The number of hydrogen-bond donors (Lipinski definition) is 1. The molecule has 2 heteroatoms. The second kappa shape index (κ2) is 4.01. The van der Waals surface area contributed by atoms with Gasteiger partial charge >= 0.3 is 0 Å². The van der Waals surface area contributed by atoms with E-state index < -0.39 is 0 Å². The number of aryl methyl sites for hydroxylation is 1. The van der Waals surface area contributed by atoms with Crippen LogP contribution in [-0.4, -0.2) is 13.2 Å². The SMILES string of the molecule is Cc1cccc(C2CC2)c1OCCN. The Labute approximate surface area is 85.1 Å². The molecule has 0 radical (unpaired) electrons. The molecule has 1 fully saturated rings. The minimum atomic E-state index is 0.582. The van der Waals surface area contributed by atoms with E-state index in [2.05, 4.69) is 25.1 Å². The van der Waals surface area contributed by atoms with E-state index in [9.17, 15) is 0 Å². The quantitative estimate of drug-likeness (QED) is 0.792. The van der Waals surface area contributed by atoms with Gasteiger partial charge in [-0.2, -0.15) is 0 Å². The van der Waals surface area contributed by atoms with Crippen LogP contribution in [0.3, 0.4) is 0 Å². The van der Waals surface area contributed by atoms with Crippen molar-refractivity contribution < 1.29 is 4.74 Å². The van der Waals surface area contributed by atoms with Gasteiger partial charge in [0.1, 0.15) is 12.4 Å². The van der Waals surface area contributed by atoms with Gasteiger partial charge in [0, 0.05) is 6.54 Å². The lowest BCUT2D eigenvalue weighted by Crippen LogP contribution is -2.12. The number of benzene rings is 1. The fourth-order valence-electron chi connectivity index (χ4n) is 1.75. The predicted molar refractivity (Wildman–Crippen MR) is 57.7 cm³/mol. The summed E-state index contributed by atoms with van der Waals surface area (Å²) in [5.74, 6) is 1.81. The van der Waals surface area contributed by atoms with Crippen LogP contribution >= 0.6 is 0 Å². The molecule has 2 N–H and O–H groups in total. The molecule has 1 saturated carbocycles. The third-order valence-electron chi connectivity index (χ3n) is 2.62. The minimum Gasteiger partial charge on any atom is -0.492 e. The predicted octanol–water partition coefficient (Wildman–Crippen LogP) is 2.21. The zero-order chi connectivity index (χ0) is 9.97. The zero-order valence-electron chi connectivity index (χ0n) is 8.62. The van der Waals surface area contributed by atoms with E-state index in [4.69, 9.17) is 10.5 Å². The van der Waals surface area contributed by atoms with E-state index in [1.165, 1.54) is 24.0 Å². The fraction of sp³-hybridized carbons (Fsp3) is 0.500. The maximum atomic E-state index is 5.69. The summed E-state index contributed by atoms with van der Waals surface area (Å²) in [5.41, 5.74) is 8.04. The molecule has 1 aliphatic carbocycles. The number of ether oxygens (including phenoxy) is 1. The Morgan fingerprint density at radius 3 is 2.86 bits per heavy atom. The van der Waals surface area contributed by atoms with Crippen LogP contribution in [0.25, 0.3) is 0 Å². The number of para-hydroxylation sites is 1. The number of rotatable bonds is 4. The highest BCUT2D eigenvalue weighted by Gasteiger charge is 2.27. The van der Waals surface area contributed by atoms with Crippen molar-refractivity contribution in [1.82, 2.24) is 0 Å². The first-order chi connectivity index (χ1) is 6.83. The van der Waals surface area contributed by atoms with Gasteiger partial charge in [-0.3, -0.25) is 0 Å². The van der Waals surface area contributed by atoms with Gasteiger partial charge in [0.25, 0.3) is 0 Å². The van der Waals surface area contributed by atoms with Crippen LogP contribution in [0.15, 0.2) is 18.2 Å². The molecule has 1 aliphatic rings. The molecule has 1 aromatic carbocycles. The largest absolute Gasteiger partial charge is 0.492 e. The second-order valence-electron chi connectivity index (χ2n) is 3.90. The van der Waals surface area contributed by atoms with Crippen molar-refractivity contribution in [3.63, 3.8) is 0 Å². The van der Waals surface area contributed by atoms with Gasteiger partial charge in [0.15, 0.2) is 0 Å². The van der Waals surface area contributed by atoms with Crippen molar-refractivity contribution in [3.8, 4) is 5.75 Å². The molecular formula is C12H17NO. The molecule has 0 saturated heterocycles. The normalized spacial score (nSPS) is 15.6. The van der Waals surface area contributed by atoms with Crippen molar-refractivity contribution >= 4 is 0 Å². The lowest BCUT2D eigenvalue weighted by atomic mass is 10.1. The minimum absolute atomic E-state index is 0.582. The summed E-state index contributed by atoms with van der Waals surface area (Å²) in [6.07, 6.45) is 2.62. The first-order valence-electron chi connectivity index (χ1n) is 5.25. The first-order valence-corrected chi connectivity index (χ1v) is 5.25. The summed E-state index contributed by atoms with van der Waals surface area (Å²) in [7, 11) is 0. The molecule has 14 heavy (non-hydrogen) atoms. The number of nitrogens with two attached hydrogens (primary N) is 1. The molecule has 76 valence electrons. The summed E-state index contributed by atoms with van der Waals surface area (Å²) in [6.45, 7) is 3.29. The maximum absolute atomic E-state index is 5.69. The van der Waals surface area contributed by atoms with Gasteiger partial charge in [0.05, 0.1) is 0 Å². The Bertz CT molecular complexity index is 318. The highest BCUT2D eigenvalue weighted by Crippen LogP contribution is 2.45. The van der Waals surface area contributed by atoms with Crippen LogP contribution in [0.1, 0.15) is 29.9 Å². The van der Waals surface area contributed by atoms with Crippen LogP contribution in [-0.2, 0) is 0 Å². The maximum Gasteiger partial charge on any atom is 0.125 e. The third kappa shape index (κ3) is 1.90. The summed E-state index contributed by atoms with van der Waals surface area (Å²) in [6, 6.07) is 6.38.